The van der Waals surface area contributed by atoms with Crippen LogP contribution in [0.15, 0.2) is 42.6 Å². The molecule has 172 valence electrons. The van der Waals surface area contributed by atoms with Crippen LogP contribution in [0.4, 0.5) is 11.6 Å². The summed E-state index contributed by atoms with van der Waals surface area (Å²) in [6.07, 6.45) is 3.89. The fourth-order valence-electron chi connectivity index (χ4n) is 4.65. The third-order valence-electron chi connectivity index (χ3n) is 6.81. The molecule has 1 aromatic carbocycles. The molecular weight excluding hydrogens is 414 g/mol. The summed E-state index contributed by atoms with van der Waals surface area (Å²) in [5.41, 5.74) is 7.70. The zero-order valence-corrected chi connectivity index (χ0v) is 19.2. The SMILES string of the molecule is CC1CCN(C(=O)c2ccc(N3CCN(Cc4nc(N)c5ccccc5n4)CC3)nc2)CC1. The van der Waals surface area contributed by atoms with E-state index >= 15 is 0 Å². The van der Waals surface area contributed by atoms with Gasteiger partial charge < -0.3 is 15.5 Å². The van der Waals surface area contributed by atoms with Gasteiger partial charge in [0, 0.05) is 50.9 Å². The van der Waals surface area contributed by atoms with Crippen molar-refractivity contribution in [2.45, 2.75) is 26.3 Å². The number of amides is 1. The van der Waals surface area contributed by atoms with Gasteiger partial charge >= 0.3 is 0 Å². The zero-order chi connectivity index (χ0) is 22.8. The number of nitrogens with zero attached hydrogens (tertiary/aromatic N) is 6. The summed E-state index contributed by atoms with van der Waals surface area (Å²) in [5.74, 6) is 3.02. The number of carbonyl (C=O) groups excluding carboxylic acids is 1. The second kappa shape index (κ2) is 9.31. The highest BCUT2D eigenvalue weighted by Gasteiger charge is 2.23. The zero-order valence-electron chi connectivity index (χ0n) is 19.2. The van der Waals surface area contributed by atoms with Crippen molar-refractivity contribution in [3.63, 3.8) is 0 Å². The minimum Gasteiger partial charge on any atom is -0.383 e. The van der Waals surface area contributed by atoms with Gasteiger partial charge in [-0.1, -0.05) is 19.1 Å². The topological polar surface area (TPSA) is 91.5 Å². The average Bonchev–Trinajstić information content (AvgIpc) is 2.85. The Morgan fingerprint density at radius 1 is 1.00 bits per heavy atom. The number of benzene rings is 1. The van der Waals surface area contributed by atoms with Gasteiger partial charge in [0.15, 0.2) is 0 Å². The predicted octanol–water partition coefficient (Wildman–Crippen LogP) is 2.80. The van der Waals surface area contributed by atoms with Crippen molar-refractivity contribution >= 4 is 28.4 Å². The molecule has 0 atom stereocenters. The van der Waals surface area contributed by atoms with Crippen molar-refractivity contribution < 1.29 is 4.79 Å². The molecule has 1 amide bonds. The van der Waals surface area contributed by atoms with Crippen LogP contribution in [0.3, 0.4) is 0 Å². The van der Waals surface area contributed by atoms with E-state index < -0.39 is 0 Å². The van der Waals surface area contributed by atoms with Crippen molar-refractivity contribution in [3.8, 4) is 0 Å². The molecule has 3 aromatic rings. The van der Waals surface area contributed by atoms with E-state index in [2.05, 4.69) is 31.7 Å². The van der Waals surface area contributed by atoms with Crippen molar-refractivity contribution in [2.24, 2.45) is 5.92 Å². The normalized spacial score (nSPS) is 18.1. The van der Waals surface area contributed by atoms with Crippen LogP contribution >= 0.6 is 0 Å². The first kappa shape index (κ1) is 21.6. The Morgan fingerprint density at radius 3 is 2.48 bits per heavy atom. The van der Waals surface area contributed by atoms with E-state index in [1.807, 2.05) is 41.3 Å². The summed E-state index contributed by atoms with van der Waals surface area (Å²) < 4.78 is 0. The largest absolute Gasteiger partial charge is 0.383 e. The average molecular weight is 446 g/mol. The van der Waals surface area contributed by atoms with Gasteiger partial charge in [0.05, 0.1) is 17.6 Å². The van der Waals surface area contributed by atoms with Gasteiger partial charge in [-0.15, -0.1) is 0 Å². The van der Waals surface area contributed by atoms with Gasteiger partial charge in [-0.2, -0.15) is 0 Å². The van der Waals surface area contributed by atoms with Crippen LogP contribution in [0.5, 0.6) is 0 Å². The van der Waals surface area contributed by atoms with Crippen LogP contribution in [-0.2, 0) is 6.54 Å². The van der Waals surface area contributed by atoms with Gasteiger partial charge in [0.2, 0.25) is 0 Å². The first-order valence-corrected chi connectivity index (χ1v) is 11.8. The van der Waals surface area contributed by atoms with Crippen LogP contribution in [0.1, 0.15) is 35.9 Å². The summed E-state index contributed by atoms with van der Waals surface area (Å²) in [4.78, 5) is 33.1. The minimum absolute atomic E-state index is 0.0976. The molecule has 0 saturated carbocycles. The quantitative estimate of drug-likeness (QED) is 0.660. The summed E-state index contributed by atoms with van der Waals surface area (Å²) in [5, 5.41) is 0.897. The lowest BCUT2D eigenvalue weighted by Crippen LogP contribution is -2.46. The summed E-state index contributed by atoms with van der Waals surface area (Å²) in [6.45, 7) is 8.14. The van der Waals surface area contributed by atoms with Crippen LogP contribution in [0.25, 0.3) is 10.9 Å². The van der Waals surface area contributed by atoms with Crippen LogP contribution in [0.2, 0.25) is 0 Å². The maximum atomic E-state index is 12.8. The molecule has 2 aromatic heterocycles. The smallest absolute Gasteiger partial charge is 0.255 e. The number of hydrogen-bond donors (Lipinski definition) is 1. The summed E-state index contributed by atoms with van der Waals surface area (Å²) in [6, 6.07) is 11.7. The predicted molar refractivity (Wildman–Crippen MR) is 130 cm³/mol. The Labute approximate surface area is 194 Å². The van der Waals surface area contributed by atoms with E-state index in [9.17, 15) is 4.79 Å². The number of piperazine rings is 1. The van der Waals surface area contributed by atoms with E-state index in [0.717, 1.165) is 74.7 Å². The molecule has 8 nitrogen and oxygen atoms in total. The second-order valence-electron chi connectivity index (χ2n) is 9.19. The highest BCUT2D eigenvalue weighted by molar-refractivity contribution is 5.94. The molecule has 0 bridgehead atoms. The molecule has 5 rings (SSSR count). The van der Waals surface area contributed by atoms with E-state index in [0.29, 0.717) is 23.8 Å². The number of hydrogen-bond acceptors (Lipinski definition) is 7. The van der Waals surface area contributed by atoms with Crippen LogP contribution in [0, 0.1) is 5.92 Å². The number of piperidine rings is 1. The van der Waals surface area contributed by atoms with Crippen molar-refractivity contribution in [2.75, 3.05) is 49.9 Å². The van der Waals surface area contributed by atoms with Crippen molar-refractivity contribution in [3.05, 3.63) is 54.0 Å². The van der Waals surface area contributed by atoms with Gasteiger partial charge in [-0.3, -0.25) is 9.69 Å². The van der Waals surface area contributed by atoms with E-state index in [4.69, 9.17) is 5.73 Å². The summed E-state index contributed by atoms with van der Waals surface area (Å²) >= 11 is 0. The monoisotopic (exact) mass is 445 g/mol. The standard InChI is InChI=1S/C25H31N7O/c1-18-8-10-32(11-9-18)25(33)19-6-7-23(27-16-19)31-14-12-30(13-15-31)17-22-28-21-5-3-2-4-20(21)24(26)29-22/h2-7,16,18H,8-15,17H2,1H3,(H2,26,28,29). The molecule has 4 heterocycles. The molecule has 2 aliphatic rings. The molecular formula is C25H31N7O. The lowest BCUT2D eigenvalue weighted by Gasteiger charge is -2.35. The molecule has 2 saturated heterocycles. The number of carbonyl (C=O) groups is 1. The number of likely N-dealkylation sites (tertiary alicyclic amines) is 1. The number of fused-ring (bicyclic) bond motifs is 1. The number of aromatic nitrogens is 3. The van der Waals surface area contributed by atoms with Crippen molar-refractivity contribution in [1.82, 2.24) is 24.8 Å². The Morgan fingerprint density at radius 2 is 1.76 bits per heavy atom. The van der Waals surface area contributed by atoms with E-state index in [-0.39, 0.29) is 5.91 Å². The Kier molecular flexibility index (Phi) is 6.09. The maximum Gasteiger partial charge on any atom is 0.255 e. The molecule has 2 N–H and O–H groups in total. The first-order chi connectivity index (χ1) is 16.1. The van der Waals surface area contributed by atoms with Gasteiger partial charge in [0.1, 0.15) is 17.5 Å². The van der Waals surface area contributed by atoms with Crippen LogP contribution in [-0.4, -0.2) is 69.9 Å². The number of pyridine rings is 1. The number of para-hydroxylation sites is 1. The number of nitrogens with two attached hydrogens (primary N) is 1. The van der Waals surface area contributed by atoms with Gasteiger partial charge in [-0.25, -0.2) is 15.0 Å². The molecule has 2 fully saturated rings. The molecule has 0 spiro atoms. The fourth-order valence-corrected chi connectivity index (χ4v) is 4.65. The van der Waals surface area contributed by atoms with Gasteiger partial charge in [-0.05, 0) is 43.0 Å². The van der Waals surface area contributed by atoms with Crippen molar-refractivity contribution in [1.29, 1.82) is 0 Å². The highest BCUT2D eigenvalue weighted by atomic mass is 16.2. The van der Waals surface area contributed by atoms with E-state index in [1.165, 1.54) is 0 Å². The number of nitrogen functional groups attached to an aromatic ring is 1. The fraction of sp³-hybridized carbons (Fsp3) is 0.440. The first-order valence-electron chi connectivity index (χ1n) is 11.8. The van der Waals surface area contributed by atoms with Crippen LogP contribution < -0.4 is 10.6 Å². The summed E-state index contributed by atoms with van der Waals surface area (Å²) in [7, 11) is 0. The Bertz CT molecular complexity index is 1120. The third kappa shape index (κ3) is 4.75. The maximum absolute atomic E-state index is 12.8. The second-order valence-corrected chi connectivity index (χ2v) is 9.19. The lowest BCUT2D eigenvalue weighted by molar-refractivity contribution is 0.0697. The number of anilines is 2. The molecule has 0 aliphatic carbocycles. The molecule has 0 radical (unpaired) electrons. The highest BCUT2D eigenvalue weighted by Crippen LogP contribution is 2.21. The molecule has 2 aliphatic heterocycles. The van der Waals surface area contributed by atoms with E-state index in [1.54, 1.807) is 6.20 Å². The molecule has 0 unspecified atom stereocenters. The molecule has 8 heteroatoms. The number of rotatable bonds is 4. The lowest BCUT2D eigenvalue weighted by atomic mass is 9.99. The third-order valence-corrected chi connectivity index (χ3v) is 6.81. The minimum atomic E-state index is 0.0976. The molecule has 33 heavy (non-hydrogen) atoms. The Balaban J connectivity index is 1.17. The Hall–Kier alpha value is -3.26. The van der Waals surface area contributed by atoms with Gasteiger partial charge in [0.25, 0.3) is 5.91 Å².